The summed E-state index contributed by atoms with van der Waals surface area (Å²) in [5.41, 5.74) is 17.6. The number of pyridine rings is 6. The van der Waals surface area contributed by atoms with E-state index in [1.165, 1.54) is 0 Å². The number of para-hydroxylation sites is 1. The highest BCUT2D eigenvalue weighted by Gasteiger charge is 2.26. The standard InChI is InChI=1S/2C22H23N2O.C21H20N2O/c1-13(2)17-12-14(3)19(18-8-6-7-11-24(18)5)21-20(17)16-10-9-15(4)23-22(16)25-21;1-13(2)17-12-15(4)23-22-20(17)16-10-9-14(3)19(21(16)25-22)18-8-6-7-11-24(18)5;1-13(2)11-15-9-10-22-19(12-15)18-6-4-5-16-17-8-7-14(3)23-21(17)24-20(16)18/h2*6-13H,1-5H3;4-10,12-13H,11H2,1-3H3/q2*+1;/i2*13D;11D2. The largest absolute Gasteiger partial charge is 0.437 e. The Morgan fingerprint density at radius 3 is 1.74 bits per heavy atom. The predicted molar refractivity (Wildman–Crippen MR) is 301 cm³/mol. The molecular formula is C65H66N6O3+2. The van der Waals surface area contributed by atoms with Gasteiger partial charge in [-0.3, -0.25) is 4.98 Å². The van der Waals surface area contributed by atoms with Crippen LogP contribution in [0.5, 0.6) is 0 Å². The predicted octanol–water partition coefficient (Wildman–Crippen LogP) is 16.0. The second-order valence-electron chi connectivity index (χ2n) is 20.2. The van der Waals surface area contributed by atoms with Gasteiger partial charge in [-0.25, -0.2) is 24.1 Å². The summed E-state index contributed by atoms with van der Waals surface area (Å²) < 4.78 is 56.8. The van der Waals surface area contributed by atoms with Crippen molar-refractivity contribution in [3.63, 3.8) is 0 Å². The van der Waals surface area contributed by atoms with Crippen molar-refractivity contribution >= 4 is 66.2 Å². The van der Waals surface area contributed by atoms with Crippen molar-refractivity contribution in [3.8, 4) is 33.8 Å². The van der Waals surface area contributed by atoms with Crippen molar-refractivity contribution in [1.29, 1.82) is 0 Å². The monoisotopic (exact) mass is 983 g/mol. The van der Waals surface area contributed by atoms with E-state index >= 15 is 0 Å². The molecule has 3 aromatic carbocycles. The van der Waals surface area contributed by atoms with E-state index in [4.69, 9.17) is 18.7 Å². The SMILES string of the molecule is [2H]C(C)(C)c1cc(C)c(-c2cccc[n+]2C)c2oc3nc(C)ccc3c12.[2H]C(C)(C)c1cc(C)nc2oc3c(-c4cccc[n+]4C)c(C)ccc3c12.[2H]C([2H])(c1ccnc(-c2cccc3c2oc2nc(C)ccc23)c1)C(C)C. The first-order valence-corrected chi connectivity index (χ1v) is 25.3. The zero-order valence-corrected chi connectivity index (χ0v) is 44.7. The third-order valence-corrected chi connectivity index (χ3v) is 13.6. The fourth-order valence-corrected chi connectivity index (χ4v) is 10.1. The van der Waals surface area contributed by atoms with Crippen LogP contribution in [0.15, 0.2) is 147 Å². The van der Waals surface area contributed by atoms with E-state index in [2.05, 4.69) is 79.3 Å². The summed E-state index contributed by atoms with van der Waals surface area (Å²) in [5, 5.41) is 5.90. The second-order valence-corrected chi connectivity index (χ2v) is 20.2. The molecule has 0 atom stereocenters. The van der Waals surface area contributed by atoms with Gasteiger partial charge in [0, 0.05) is 85.5 Å². The highest BCUT2D eigenvalue weighted by molar-refractivity contribution is 6.12. The molecule has 0 unspecified atom stereocenters. The Labute approximate surface area is 439 Å². The van der Waals surface area contributed by atoms with Crippen molar-refractivity contribution in [3.05, 3.63) is 179 Å². The molecule has 9 nitrogen and oxygen atoms in total. The zero-order chi connectivity index (χ0) is 55.7. The first kappa shape index (κ1) is 44.6. The molecule has 0 spiro atoms. The number of fused-ring (bicyclic) bond motifs is 9. The second kappa shape index (κ2) is 20.1. The van der Waals surface area contributed by atoms with E-state index < -0.39 is 18.2 Å². The summed E-state index contributed by atoms with van der Waals surface area (Å²) >= 11 is 0. The smallest absolute Gasteiger partial charge is 0.227 e. The van der Waals surface area contributed by atoms with Gasteiger partial charge in [0.1, 0.15) is 19.7 Å². The topological polar surface area (TPSA) is 98.7 Å². The molecule has 0 aliphatic heterocycles. The summed E-state index contributed by atoms with van der Waals surface area (Å²) in [6, 6.07) is 38.2. The lowest BCUT2D eigenvalue weighted by Gasteiger charge is -2.12. The van der Waals surface area contributed by atoms with Gasteiger partial charge in [-0.15, -0.1) is 0 Å². The van der Waals surface area contributed by atoms with Gasteiger partial charge in [-0.2, -0.15) is 0 Å². The normalized spacial score (nSPS) is 13.0. The molecule has 0 aliphatic rings. The molecule has 0 fully saturated rings. The van der Waals surface area contributed by atoms with E-state index in [-0.39, 0.29) is 5.92 Å². The lowest BCUT2D eigenvalue weighted by Crippen LogP contribution is -2.30. The Hall–Kier alpha value is -8.04. The van der Waals surface area contributed by atoms with Gasteiger partial charge in [-0.1, -0.05) is 71.9 Å². The molecule has 9 aromatic heterocycles. The Balaban J connectivity index is 0.000000132. The number of aryl methyl sites for hydroxylation is 7. The van der Waals surface area contributed by atoms with Crippen LogP contribution in [0.25, 0.3) is 100.0 Å². The Morgan fingerprint density at radius 2 is 1.09 bits per heavy atom. The van der Waals surface area contributed by atoms with Crippen LogP contribution in [-0.4, -0.2) is 19.9 Å². The molecule has 0 radical (unpaired) electrons. The van der Waals surface area contributed by atoms with Crippen molar-refractivity contribution in [2.45, 2.75) is 94.3 Å². The van der Waals surface area contributed by atoms with Crippen LogP contribution in [0.1, 0.15) is 104 Å². The van der Waals surface area contributed by atoms with Gasteiger partial charge in [-0.05, 0) is 147 Å². The van der Waals surface area contributed by atoms with Gasteiger partial charge in [0.2, 0.25) is 28.5 Å². The fourth-order valence-electron chi connectivity index (χ4n) is 10.1. The summed E-state index contributed by atoms with van der Waals surface area (Å²) in [4.78, 5) is 18.2. The van der Waals surface area contributed by atoms with Crippen molar-refractivity contribution in [2.75, 3.05) is 0 Å². The molecule has 372 valence electrons. The number of furan rings is 3. The van der Waals surface area contributed by atoms with Crippen LogP contribution in [0.2, 0.25) is 0 Å². The maximum Gasteiger partial charge on any atom is 0.227 e. The molecule has 0 N–H and O–H groups in total. The van der Waals surface area contributed by atoms with E-state index in [1.807, 2.05) is 162 Å². The molecule has 12 aromatic rings. The quantitative estimate of drug-likeness (QED) is 0.147. The minimum absolute atomic E-state index is 0.132. The van der Waals surface area contributed by atoms with E-state index in [1.54, 1.807) is 12.3 Å². The minimum atomic E-state index is -1.42. The third kappa shape index (κ3) is 9.32. The van der Waals surface area contributed by atoms with Crippen LogP contribution >= 0.6 is 0 Å². The maximum atomic E-state index is 8.66. The summed E-state index contributed by atoms with van der Waals surface area (Å²) in [6.45, 7) is 21.5. The fraction of sp³-hybridized carbons (Fsp3) is 0.262. The maximum absolute atomic E-state index is 8.66. The van der Waals surface area contributed by atoms with Crippen molar-refractivity contribution < 1.29 is 27.9 Å². The van der Waals surface area contributed by atoms with Crippen LogP contribution in [-0.2, 0) is 20.5 Å². The molecule has 0 saturated carbocycles. The van der Waals surface area contributed by atoms with E-state index in [0.717, 1.165) is 116 Å². The number of hydrogen-bond donors (Lipinski definition) is 0. The van der Waals surface area contributed by atoms with Gasteiger partial charge in [0.05, 0.1) is 22.2 Å². The Kier molecular flexibility index (Phi) is 12.1. The molecule has 12 rings (SSSR count). The van der Waals surface area contributed by atoms with Crippen LogP contribution in [0.4, 0.5) is 0 Å². The molecule has 0 amide bonds. The average molecular weight is 983 g/mol. The van der Waals surface area contributed by atoms with E-state index in [9.17, 15) is 0 Å². The lowest BCUT2D eigenvalue weighted by atomic mass is 9.91. The van der Waals surface area contributed by atoms with Gasteiger partial charge < -0.3 is 13.3 Å². The number of aromatic nitrogens is 6. The lowest BCUT2D eigenvalue weighted by molar-refractivity contribution is -0.660. The van der Waals surface area contributed by atoms with Gasteiger partial charge in [0.25, 0.3) is 0 Å². The number of benzene rings is 3. The number of hydrogen-bond acceptors (Lipinski definition) is 7. The van der Waals surface area contributed by atoms with E-state index in [0.29, 0.717) is 28.4 Å². The minimum Gasteiger partial charge on any atom is -0.437 e. The van der Waals surface area contributed by atoms with Crippen LogP contribution in [0, 0.1) is 40.5 Å². The highest BCUT2D eigenvalue weighted by atomic mass is 16.3. The first-order chi connectivity index (χ1) is 36.9. The first-order valence-electron chi connectivity index (χ1n) is 27.3. The van der Waals surface area contributed by atoms with Crippen LogP contribution in [0.3, 0.4) is 0 Å². The van der Waals surface area contributed by atoms with Crippen LogP contribution < -0.4 is 9.13 Å². The molecular weight excluding hydrogens is 913 g/mol. The summed E-state index contributed by atoms with van der Waals surface area (Å²) in [7, 11) is 4.07. The highest BCUT2D eigenvalue weighted by Crippen LogP contribution is 2.42. The van der Waals surface area contributed by atoms with Gasteiger partial charge >= 0.3 is 0 Å². The third-order valence-electron chi connectivity index (χ3n) is 13.6. The Bertz CT molecular complexity index is 4290. The number of rotatable bonds is 7. The zero-order valence-electron chi connectivity index (χ0n) is 48.7. The number of nitrogens with zero attached hydrogens (tertiary/aromatic N) is 6. The van der Waals surface area contributed by atoms with Gasteiger partial charge in [0.15, 0.2) is 23.6 Å². The summed E-state index contributed by atoms with van der Waals surface area (Å²) in [5.74, 6) is -1.60. The molecule has 9 heteroatoms. The van der Waals surface area contributed by atoms with Crippen molar-refractivity contribution in [1.82, 2.24) is 19.9 Å². The molecule has 9 heterocycles. The average Bonchev–Trinajstić information content (AvgIpc) is 4.27. The van der Waals surface area contributed by atoms with Crippen molar-refractivity contribution in [2.24, 2.45) is 20.0 Å². The molecule has 0 bridgehead atoms. The molecule has 74 heavy (non-hydrogen) atoms. The Morgan fingerprint density at radius 1 is 0.514 bits per heavy atom. The molecule has 0 saturated heterocycles. The molecule has 0 aliphatic carbocycles. The summed E-state index contributed by atoms with van der Waals surface area (Å²) in [6.07, 6.45) is 4.32.